The monoisotopic (exact) mass is 354 g/mol. The predicted octanol–water partition coefficient (Wildman–Crippen LogP) is 4.71. The minimum Gasteiger partial charge on any atom is -0.322 e. The molecule has 0 aliphatic rings. The van der Waals surface area contributed by atoms with Crippen LogP contribution in [-0.2, 0) is 0 Å². The smallest absolute Gasteiger partial charge is 0.258 e. The second kappa shape index (κ2) is 6.09. The zero-order chi connectivity index (χ0) is 15.7. The van der Waals surface area contributed by atoms with Gasteiger partial charge in [0, 0.05) is 11.8 Å². The molecule has 0 spiro atoms. The fourth-order valence-electron chi connectivity index (χ4n) is 1.46. The Kier molecular flexibility index (Phi) is 4.61. The van der Waals surface area contributed by atoms with E-state index in [1.807, 2.05) is 0 Å². The van der Waals surface area contributed by atoms with E-state index < -0.39 is 29.2 Å². The molecule has 1 aromatic carbocycles. The Balaban J connectivity index is 2.35. The Bertz CT molecular complexity index is 717. The maximum absolute atomic E-state index is 13.4. The largest absolute Gasteiger partial charge is 0.322 e. The molecular weight excluding hydrogens is 351 g/mol. The fourth-order valence-corrected chi connectivity index (χ4v) is 2.06. The molecule has 0 aliphatic carbocycles. The standard InChI is InChI=1S/C12H4Cl3F3N2O/c13-6-1-4(2-7(14)9(6)15)19-12(21)5-3-8(16)20-11(18)10(5)17/h1-3H,(H,19,21). The van der Waals surface area contributed by atoms with Crippen LogP contribution in [0.15, 0.2) is 18.2 Å². The van der Waals surface area contributed by atoms with E-state index in [9.17, 15) is 18.0 Å². The maximum Gasteiger partial charge on any atom is 0.258 e. The number of nitrogens with zero attached hydrogens (tertiary/aromatic N) is 1. The number of hydrogen-bond donors (Lipinski definition) is 1. The first-order valence-corrected chi connectivity index (χ1v) is 6.40. The Morgan fingerprint density at radius 3 is 2.19 bits per heavy atom. The Morgan fingerprint density at radius 2 is 1.62 bits per heavy atom. The highest BCUT2D eigenvalue weighted by atomic mass is 35.5. The second-order valence-electron chi connectivity index (χ2n) is 3.81. The van der Waals surface area contributed by atoms with Crippen molar-refractivity contribution in [3.63, 3.8) is 0 Å². The van der Waals surface area contributed by atoms with E-state index in [1.54, 1.807) is 0 Å². The van der Waals surface area contributed by atoms with E-state index in [4.69, 9.17) is 34.8 Å². The molecule has 0 bridgehead atoms. The van der Waals surface area contributed by atoms with Gasteiger partial charge in [-0.15, -0.1) is 0 Å². The summed E-state index contributed by atoms with van der Waals surface area (Å²) in [5.74, 6) is -5.71. The van der Waals surface area contributed by atoms with Gasteiger partial charge in [-0.3, -0.25) is 4.79 Å². The summed E-state index contributed by atoms with van der Waals surface area (Å²) < 4.78 is 39.3. The van der Waals surface area contributed by atoms with Gasteiger partial charge >= 0.3 is 0 Å². The minimum absolute atomic E-state index is 0.0482. The maximum atomic E-state index is 13.4. The number of anilines is 1. The molecule has 0 aliphatic heterocycles. The summed E-state index contributed by atoms with van der Waals surface area (Å²) in [5, 5.41) is 2.36. The zero-order valence-electron chi connectivity index (χ0n) is 9.86. The van der Waals surface area contributed by atoms with Crippen LogP contribution in [0.4, 0.5) is 18.9 Å². The molecule has 110 valence electrons. The van der Waals surface area contributed by atoms with Gasteiger partial charge in [0.15, 0.2) is 5.82 Å². The van der Waals surface area contributed by atoms with Gasteiger partial charge in [0.2, 0.25) is 5.95 Å². The van der Waals surface area contributed by atoms with Crippen molar-refractivity contribution >= 4 is 46.4 Å². The van der Waals surface area contributed by atoms with E-state index >= 15 is 0 Å². The third-order valence-corrected chi connectivity index (χ3v) is 3.57. The van der Waals surface area contributed by atoms with Crippen LogP contribution in [0.2, 0.25) is 15.1 Å². The van der Waals surface area contributed by atoms with Gasteiger partial charge in [0.05, 0.1) is 20.6 Å². The summed E-state index contributed by atoms with van der Waals surface area (Å²) in [6.45, 7) is 0. The van der Waals surface area contributed by atoms with Crippen molar-refractivity contribution in [2.75, 3.05) is 5.32 Å². The number of pyridine rings is 1. The number of halogens is 6. The molecular formula is C12H4Cl3F3N2O. The molecule has 1 N–H and O–H groups in total. The van der Waals surface area contributed by atoms with Gasteiger partial charge in [0.25, 0.3) is 11.9 Å². The van der Waals surface area contributed by atoms with Crippen molar-refractivity contribution in [2.24, 2.45) is 0 Å². The van der Waals surface area contributed by atoms with Crippen LogP contribution >= 0.6 is 34.8 Å². The van der Waals surface area contributed by atoms with Crippen molar-refractivity contribution in [3.8, 4) is 0 Å². The first-order chi connectivity index (χ1) is 9.79. The van der Waals surface area contributed by atoms with Gasteiger partial charge in [-0.2, -0.15) is 13.8 Å². The average Bonchev–Trinajstić information content (AvgIpc) is 2.39. The highest BCUT2D eigenvalue weighted by molar-refractivity contribution is 6.48. The minimum atomic E-state index is -1.72. The lowest BCUT2D eigenvalue weighted by Gasteiger charge is -2.08. The predicted molar refractivity (Wildman–Crippen MR) is 73.5 cm³/mol. The number of carbonyl (C=O) groups excluding carboxylic acids is 1. The van der Waals surface area contributed by atoms with Crippen LogP contribution < -0.4 is 5.32 Å². The fraction of sp³-hybridized carbons (Fsp3) is 0. The first kappa shape index (κ1) is 15.9. The summed E-state index contributed by atoms with van der Waals surface area (Å²) in [4.78, 5) is 14.4. The van der Waals surface area contributed by atoms with Crippen molar-refractivity contribution < 1.29 is 18.0 Å². The summed E-state index contributed by atoms with van der Waals surface area (Å²) in [7, 11) is 0. The zero-order valence-corrected chi connectivity index (χ0v) is 12.1. The lowest BCUT2D eigenvalue weighted by molar-refractivity contribution is 0.102. The quantitative estimate of drug-likeness (QED) is 0.626. The molecule has 0 saturated carbocycles. The third-order valence-electron chi connectivity index (χ3n) is 2.37. The molecule has 0 radical (unpaired) electrons. The first-order valence-electron chi connectivity index (χ1n) is 5.27. The molecule has 0 saturated heterocycles. The van der Waals surface area contributed by atoms with Crippen molar-refractivity contribution in [3.05, 3.63) is 56.5 Å². The number of carbonyl (C=O) groups is 1. The normalized spacial score (nSPS) is 10.6. The van der Waals surface area contributed by atoms with Gasteiger partial charge in [-0.25, -0.2) is 4.39 Å². The highest BCUT2D eigenvalue weighted by Gasteiger charge is 2.19. The van der Waals surface area contributed by atoms with Crippen molar-refractivity contribution in [1.29, 1.82) is 0 Å². The third kappa shape index (κ3) is 3.40. The summed E-state index contributed by atoms with van der Waals surface area (Å²) in [6.07, 6.45) is 0. The number of rotatable bonds is 2. The van der Waals surface area contributed by atoms with E-state index in [2.05, 4.69) is 10.3 Å². The molecule has 0 fully saturated rings. The molecule has 2 aromatic rings. The van der Waals surface area contributed by atoms with Crippen LogP contribution in [0.1, 0.15) is 10.4 Å². The molecule has 9 heteroatoms. The van der Waals surface area contributed by atoms with Crippen LogP contribution in [0.5, 0.6) is 0 Å². The molecule has 1 amide bonds. The molecule has 1 aromatic heterocycles. The van der Waals surface area contributed by atoms with E-state index in [0.717, 1.165) is 0 Å². The van der Waals surface area contributed by atoms with Crippen LogP contribution in [0.25, 0.3) is 0 Å². The number of nitrogens with one attached hydrogen (secondary N) is 1. The molecule has 1 heterocycles. The molecule has 21 heavy (non-hydrogen) atoms. The van der Waals surface area contributed by atoms with Gasteiger partial charge < -0.3 is 5.32 Å². The second-order valence-corrected chi connectivity index (χ2v) is 5.00. The number of aromatic nitrogens is 1. The highest BCUT2D eigenvalue weighted by Crippen LogP contribution is 2.33. The SMILES string of the molecule is O=C(Nc1cc(Cl)c(Cl)c(Cl)c1)c1cc(F)nc(F)c1F. The van der Waals surface area contributed by atoms with E-state index in [0.29, 0.717) is 6.07 Å². The average molecular weight is 356 g/mol. The lowest BCUT2D eigenvalue weighted by atomic mass is 10.2. The van der Waals surface area contributed by atoms with Gasteiger partial charge in [-0.05, 0) is 12.1 Å². The van der Waals surface area contributed by atoms with E-state index in [-0.39, 0.29) is 20.8 Å². The van der Waals surface area contributed by atoms with Crippen molar-refractivity contribution in [2.45, 2.75) is 0 Å². The molecule has 0 unspecified atom stereocenters. The number of benzene rings is 1. The molecule has 3 nitrogen and oxygen atoms in total. The summed E-state index contributed by atoms with van der Waals surface area (Å²) in [5.41, 5.74) is -0.765. The van der Waals surface area contributed by atoms with Crippen LogP contribution in [-0.4, -0.2) is 10.9 Å². The topological polar surface area (TPSA) is 42.0 Å². The lowest BCUT2D eigenvalue weighted by Crippen LogP contribution is -2.16. The molecule has 2 rings (SSSR count). The number of hydrogen-bond acceptors (Lipinski definition) is 2. The van der Waals surface area contributed by atoms with Gasteiger partial charge in [-0.1, -0.05) is 34.8 Å². The van der Waals surface area contributed by atoms with Crippen LogP contribution in [0, 0.1) is 17.7 Å². The Hall–Kier alpha value is -1.50. The molecule has 0 atom stereocenters. The van der Waals surface area contributed by atoms with Gasteiger partial charge in [0.1, 0.15) is 0 Å². The van der Waals surface area contributed by atoms with E-state index in [1.165, 1.54) is 12.1 Å². The Morgan fingerprint density at radius 1 is 1.05 bits per heavy atom. The summed E-state index contributed by atoms with van der Waals surface area (Å²) >= 11 is 17.2. The number of amides is 1. The Labute approximate surface area is 131 Å². The van der Waals surface area contributed by atoms with Crippen LogP contribution in [0.3, 0.4) is 0 Å². The summed E-state index contributed by atoms with van der Waals surface area (Å²) in [6, 6.07) is 2.96. The van der Waals surface area contributed by atoms with Crippen molar-refractivity contribution in [1.82, 2.24) is 4.98 Å².